The van der Waals surface area contributed by atoms with Crippen molar-refractivity contribution in [3.8, 4) is 0 Å². The van der Waals surface area contributed by atoms with Crippen LogP contribution in [0.5, 0.6) is 0 Å². The predicted molar refractivity (Wildman–Crippen MR) is 75.9 cm³/mol. The van der Waals surface area contributed by atoms with E-state index in [1.165, 1.54) is 0 Å². The molecule has 0 fully saturated rings. The van der Waals surface area contributed by atoms with Gasteiger partial charge in [-0.3, -0.25) is 14.6 Å². The van der Waals surface area contributed by atoms with Crippen LogP contribution in [0.2, 0.25) is 0 Å². The number of hydrogen-bond donors (Lipinski definition) is 4. The van der Waals surface area contributed by atoms with E-state index >= 15 is 0 Å². The fourth-order valence-electron chi connectivity index (χ4n) is 1.44. The molecule has 19 heavy (non-hydrogen) atoms. The third-order valence-corrected chi connectivity index (χ3v) is 2.67. The van der Waals surface area contributed by atoms with Crippen molar-refractivity contribution in [3.63, 3.8) is 0 Å². The van der Waals surface area contributed by atoms with Gasteiger partial charge in [-0.1, -0.05) is 0 Å². The zero-order valence-corrected chi connectivity index (χ0v) is 11.7. The van der Waals surface area contributed by atoms with E-state index in [0.29, 0.717) is 38.8 Å². The first-order valence-corrected chi connectivity index (χ1v) is 6.68. The molecule has 0 aromatic rings. The van der Waals surface area contributed by atoms with Crippen molar-refractivity contribution in [3.05, 3.63) is 0 Å². The molecular formula is C11H22ClN5O2. The van der Waals surface area contributed by atoms with Crippen LogP contribution in [0, 0.1) is 0 Å². The molecule has 0 radical (unpaired) electrons. The van der Waals surface area contributed by atoms with E-state index in [-0.39, 0.29) is 23.5 Å². The number of aliphatic imine (C=N–C) groups is 1. The highest BCUT2D eigenvalue weighted by atomic mass is 35.5. The number of nitrogens with two attached hydrogens (primary N) is 3. The number of halogens is 1. The minimum absolute atomic E-state index is 0.00667. The molecule has 0 saturated carbocycles. The van der Waals surface area contributed by atoms with Crippen molar-refractivity contribution in [1.29, 1.82) is 0 Å². The first kappa shape index (κ1) is 17.7. The average Bonchev–Trinajstić information content (AvgIpc) is 2.38. The third kappa shape index (κ3) is 9.26. The minimum atomic E-state index is -0.586. The smallest absolute Gasteiger partial charge is 0.220 e. The Labute approximate surface area is 117 Å². The number of alkyl halides is 1. The lowest BCUT2D eigenvalue weighted by Gasteiger charge is -2.16. The van der Waals surface area contributed by atoms with Gasteiger partial charge in [-0.25, -0.2) is 0 Å². The lowest BCUT2D eigenvalue weighted by atomic mass is 10.1. The SMILES string of the molecule is NCCCC(=O)N[C@@H](CCCN=C(N)N)C(=O)CCl. The number of ketones is 1. The molecule has 0 aromatic heterocycles. The summed E-state index contributed by atoms with van der Waals surface area (Å²) in [6.07, 6.45) is 1.93. The normalized spacial score (nSPS) is 11.7. The first-order valence-electron chi connectivity index (χ1n) is 6.14. The molecule has 8 heteroatoms. The highest BCUT2D eigenvalue weighted by Gasteiger charge is 2.18. The van der Waals surface area contributed by atoms with Gasteiger partial charge in [0.1, 0.15) is 0 Å². The molecule has 0 bridgehead atoms. The summed E-state index contributed by atoms with van der Waals surface area (Å²) >= 11 is 5.51. The van der Waals surface area contributed by atoms with Crippen molar-refractivity contribution < 1.29 is 9.59 Å². The molecule has 0 aliphatic heterocycles. The zero-order valence-electron chi connectivity index (χ0n) is 10.9. The number of guanidine groups is 1. The van der Waals surface area contributed by atoms with Gasteiger partial charge in [0.15, 0.2) is 11.7 Å². The van der Waals surface area contributed by atoms with Crippen molar-refractivity contribution >= 4 is 29.3 Å². The maximum absolute atomic E-state index is 11.6. The van der Waals surface area contributed by atoms with Crippen LogP contribution >= 0.6 is 11.6 Å². The van der Waals surface area contributed by atoms with Crippen LogP contribution in [-0.4, -0.2) is 42.7 Å². The zero-order chi connectivity index (χ0) is 14.7. The van der Waals surface area contributed by atoms with Gasteiger partial charge in [-0.05, 0) is 25.8 Å². The summed E-state index contributed by atoms with van der Waals surface area (Å²) in [5, 5.41) is 2.65. The van der Waals surface area contributed by atoms with Gasteiger partial charge in [-0.15, -0.1) is 11.6 Å². The van der Waals surface area contributed by atoms with Crippen LogP contribution < -0.4 is 22.5 Å². The van der Waals surface area contributed by atoms with Crippen molar-refractivity contribution in [2.24, 2.45) is 22.2 Å². The van der Waals surface area contributed by atoms with Gasteiger partial charge >= 0.3 is 0 Å². The molecule has 0 rings (SSSR count). The molecule has 0 spiro atoms. The summed E-state index contributed by atoms with van der Waals surface area (Å²) in [5.41, 5.74) is 15.7. The molecule has 0 saturated heterocycles. The summed E-state index contributed by atoms with van der Waals surface area (Å²) in [6, 6.07) is -0.586. The average molecular weight is 292 g/mol. The largest absolute Gasteiger partial charge is 0.370 e. The number of nitrogens with zero attached hydrogens (tertiary/aromatic N) is 1. The predicted octanol–water partition coefficient (Wildman–Crippen LogP) is -0.928. The van der Waals surface area contributed by atoms with E-state index < -0.39 is 6.04 Å². The van der Waals surface area contributed by atoms with Crippen molar-refractivity contribution in [2.45, 2.75) is 31.7 Å². The van der Waals surface area contributed by atoms with Gasteiger partial charge in [0.05, 0.1) is 11.9 Å². The van der Waals surface area contributed by atoms with Gasteiger partial charge in [0.25, 0.3) is 0 Å². The standard InChI is InChI=1S/C11H22ClN5O2/c12-7-9(18)8(3-2-6-16-11(14)15)17-10(19)4-1-5-13/h8H,1-7,13H2,(H,17,19)(H4,14,15,16)/t8-/m0/s1. The quantitative estimate of drug-likeness (QED) is 0.178. The summed E-state index contributed by atoms with van der Waals surface area (Å²) in [6.45, 7) is 0.846. The van der Waals surface area contributed by atoms with Crippen LogP contribution in [0.3, 0.4) is 0 Å². The van der Waals surface area contributed by atoms with Crippen molar-refractivity contribution in [2.75, 3.05) is 19.0 Å². The number of amides is 1. The van der Waals surface area contributed by atoms with Crippen LogP contribution in [0.1, 0.15) is 25.7 Å². The molecule has 1 atom stereocenters. The highest BCUT2D eigenvalue weighted by Crippen LogP contribution is 2.02. The summed E-state index contributed by atoms with van der Waals surface area (Å²) in [4.78, 5) is 26.9. The summed E-state index contributed by atoms with van der Waals surface area (Å²) in [7, 11) is 0. The number of hydrogen-bond acceptors (Lipinski definition) is 4. The summed E-state index contributed by atoms with van der Waals surface area (Å²) < 4.78 is 0. The van der Waals surface area contributed by atoms with E-state index in [4.69, 9.17) is 28.8 Å². The molecular weight excluding hydrogens is 270 g/mol. The third-order valence-electron chi connectivity index (χ3n) is 2.41. The molecule has 7 nitrogen and oxygen atoms in total. The van der Waals surface area contributed by atoms with Gasteiger partial charge in [-0.2, -0.15) is 0 Å². The minimum Gasteiger partial charge on any atom is -0.370 e. The van der Waals surface area contributed by atoms with E-state index in [1.54, 1.807) is 0 Å². The topological polar surface area (TPSA) is 137 Å². The lowest BCUT2D eigenvalue weighted by Crippen LogP contribution is -2.41. The Morgan fingerprint density at radius 3 is 2.47 bits per heavy atom. The Morgan fingerprint density at radius 2 is 1.95 bits per heavy atom. The molecule has 0 heterocycles. The van der Waals surface area contributed by atoms with Crippen LogP contribution in [-0.2, 0) is 9.59 Å². The number of nitrogens with one attached hydrogen (secondary N) is 1. The molecule has 1 amide bonds. The van der Waals surface area contributed by atoms with E-state index in [9.17, 15) is 9.59 Å². The Bertz CT molecular complexity index is 318. The fraction of sp³-hybridized carbons (Fsp3) is 0.727. The van der Waals surface area contributed by atoms with Crippen LogP contribution in [0.15, 0.2) is 4.99 Å². The second-order valence-corrected chi connectivity index (χ2v) is 4.33. The van der Waals surface area contributed by atoms with Gasteiger partial charge < -0.3 is 22.5 Å². The molecule has 0 aromatic carbocycles. The molecule has 0 unspecified atom stereocenters. The van der Waals surface area contributed by atoms with E-state index in [1.807, 2.05) is 0 Å². The molecule has 0 aliphatic rings. The Kier molecular flexibility index (Phi) is 9.82. The second-order valence-electron chi connectivity index (χ2n) is 4.06. The first-order chi connectivity index (χ1) is 9.01. The van der Waals surface area contributed by atoms with E-state index in [2.05, 4.69) is 10.3 Å². The molecule has 110 valence electrons. The van der Waals surface area contributed by atoms with E-state index in [0.717, 1.165) is 0 Å². The number of rotatable bonds is 10. The monoisotopic (exact) mass is 291 g/mol. The number of Topliss-reactive ketones (excluding diaryl/α,β-unsaturated/α-hetero) is 1. The number of carbonyl (C=O) groups is 2. The van der Waals surface area contributed by atoms with Crippen LogP contribution in [0.4, 0.5) is 0 Å². The second kappa shape index (κ2) is 10.6. The fourth-order valence-corrected chi connectivity index (χ4v) is 1.63. The van der Waals surface area contributed by atoms with Crippen molar-refractivity contribution in [1.82, 2.24) is 5.32 Å². The highest BCUT2D eigenvalue weighted by molar-refractivity contribution is 6.28. The lowest BCUT2D eigenvalue weighted by molar-refractivity contribution is -0.126. The maximum Gasteiger partial charge on any atom is 0.220 e. The van der Waals surface area contributed by atoms with Crippen LogP contribution in [0.25, 0.3) is 0 Å². The Hall–Kier alpha value is -1.34. The Morgan fingerprint density at radius 1 is 1.26 bits per heavy atom. The summed E-state index contributed by atoms with van der Waals surface area (Å²) in [5.74, 6) is -0.542. The van der Waals surface area contributed by atoms with Gasteiger partial charge in [0, 0.05) is 13.0 Å². The van der Waals surface area contributed by atoms with Gasteiger partial charge in [0.2, 0.25) is 5.91 Å². The molecule has 7 N–H and O–H groups in total. The maximum atomic E-state index is 11.6. The number of carbonyl (C=O) groups excluding carboxylic acids is 2. The Balaban J connectivity index is 4.20. The molecule has 0 aliphatic carbocycles.